The smallest absolute Gasteiger partial charge is 0.388 e. The number of halogens is 4. The second kappa shape index (κ2) is 9.90. The van der Waals surface area contributed by atoms with Crippen LogP contribution in [0.2, 0.25) is 0 Å². The predicted octanol–water partition coefficient (Wildman–Crippen LogP) is 2.45. The van der Waals surface area contributed by atoms with Crippen LogP contribution in [0, 0.1) is 5.82 Å². The van der Waals surface area contributed by atoms with Crippen LogP contribution in [-0.2, 0) is 22.3 Å². The van der Waals surface area contributed by atoms with E-state index in [-0.39, 0.29) is 47.0 Å². The number of amides is 1. The van der Waals surface area contributed by atoms with Gasteiger partial charge in [-0.25, -0.2) is 24.3 Å². The maximum atomic E-state index is 13.9. The van der Waals surface area contributed by atoms with Crippen molar-refractivity contribution < 1.29 is 32.2 Å². The minimum atomic E-state index is -4.61. The van der Waals surface area contributed by atoms with Crippen molar-refractivity contribution in [3.8, 4) is 11.4 Å². The summed E-state index contributed by atoms with van der Waals surface area (Å²) in [7, 11) is 1.45. The van der Waals surface area contributed by atoms with Gasteiger partial charge in [-0.05, 0) is 18.2 Å². The van der Waals surface area contributed by atoms with E-state index in [0.717, 1.165) is 18.3 Å². The molecule has 0 saturated carbocycles. The fourth-order valence-corrected chi connectivity index (χ4v) is 4.03. The van der Waals surface area contributed by atoms with Gasteiger partial charge in [0.25, 0.3) is 0 Å². The number of hydrogen-bond donors (Lipinski definition) is 3. The zero-order valence-corrected chi connectivity index (χ0v) is 19.6. The Kier molecular flexibility index (Phi) is 6.62. The number of anilines is 1. The van der Waals surface area contributed by atoms with Crippen molar-refractivity contribution in [2.24, 2.45) is 0 Å². The number of aliphatic hydroxyl groups is 1. The van der Waals surface area contributed by atoms with E-state index in [1.54, 1.807) is 0 Å². The van der Waals surface area contributed by atoms with E-state index in [4.69, 9.17) is 4.74 Å². The predicted molar refractivity (Wildman–Crippen MR) is 124 cm³/mol. The first kappa shape index (κ1) is 25.4. The third-order valence-corrected chi connectivity index (χ3v) is 5.82. The molecule has 4 aromatic rings. The molecule has 198 valence electrons. The number of fused-ring (bicyclic) bond motifs is 1. The second-order valence-corrected chi connectivity index (χ2v) is 8.41. The number of imidazole rings is 1. The number of pyridine rings is 2. The highest BCUT2D eigenvalue weighted by atomic mass is 19.4. The summed E-state index contributed by atoms with van der Waals surface area (Å²) in [6.45, 7) is -0.148. The third kappa shape index (κ3) is 4.97. The van der Waals surface area contributed by atoms with Crippen molar-refractivity contribution in [1.29, 1.82) is 0 Å². The lowest BCUT2D eigenvalue weighted by molar-refractivity contribution is -0.141. The first-order chi connectivity index (χ1) is 18.1. The second-order valence-electron chi connectivity index (χ2n) is 8.41. The van der Waals surface area contributed by atoms with E-state index < -0.39 is 42.0 Å². The Morgan fingerprint density at radius 1 is 1.24 bits per heavy atom. The van der Waals surface area contributed by atoms with Crippen molar-refractivity contribution in [2.75, 3.05) is 12.4 Å². The van der Waals surface area contributed by atoms with Crippen LogP contribution in [0.1, 0.15) is 24.0 Å². The maximum Gasteiger partial charge on any atom is 0.433 e. The highest BCUT2D eigenvalue weighted by molar-refractivity contribution is 5.85. The molecule has 38 heavy (non-hydrogen) atoms. The molecule has 5 heterocycles. The fourth-order valence-electron chi connectivity index (χ4n) is 4.03. The molecule has 11 nitrogen and oxygen atoms in total. The first-order valence-electron chi connectivity index (χ1n) is 11.3. The van der Waals surface area contributed by atoms with E-state index in [2.05, 4.69) is 35.6 Å². The molecule has 1 amide bonds. The minimum Gasteiger partial charge on any atom is -0.388 e. The van der Waals surface area contributed by atoms with E-state index in [1.165, 1.54) is 36.3 Å². The van der Waals surface area contributed by atoms with Crippen LogP contribution in [0.25, 0.3) is 22.6 Å². The number of nitrogens with one attached hydrogen (secondary N) is 2. The van der Waals surface area contributed by atoms with Gasteiger partial charge in [-0.1, -0.05) is 6.07 Å². The zero-order valence-electron chi connectivity index (χ0n) is 19.6. The first-order valence-corrected chi connectivity index (χ1v) is 11.3. The van der Waals surface area contributed by atoms with E-state index in [9.17, 15) is 27.5 Å². The lowest BCUT2D eigenvalue weighted by Crippen LogP contribution is -2.31. The number of aromatic nitrogens is 6. The van der Waals surface area contributed by atoms with Crippen LogP contribution in [0.4, 0.5) is 23.4 Å². The molecule has 0 aliphatic carbocycles. The summed E-state index contributed by atoms with van der Waals surface area (Å²) in [5.41, 5.74) is -0.373. The Labute approximate surface area is 211 Å². The average molecular weight is 532 g/mol. The van der Waals surface area contributed by atoms with Crippen LogP contribution in [-0.4, -0.2) is 59.8 Å². The molecule has 0 radical (unpaired) electrons. The van der Waals surface area contributed by atoms with Gasteiger partial charge in [0.1, 0.15) is 23.7 Å². The summed E-state index contributed by atoms with van der Waals surface area (Å²) >= 11 is 0. The molecular formula is C23H20F4N8O3. The number of rotatable bonds is 6. The molecule has 0 spiro atoms. The summed E-state index contributed by atoms with van der Waals surface area (Å²) < 4.78 is 60.3. The van der Waals surface area contributed by atoms with Crippen molar-refractivity contribution in [3.63, 3.8) is 0 Å². The molecule has 5 rings (SSSR count). The van der Waals surface area contributed by atoms with Crippen molar-refractivity contribution in [1.82, 2.24) is 34.8 Å². The monoisotopic (exact) mass is 532 g/mol. The molecule has 0 aromatic carbocycles. The maximum absolute atomic E-state index is 13.9. The number of ether oxygens (including phenoxy) is 1. The standard InChI is InChI=1S/C23H20F4N8O3/c1-28-21(37)15-6-14(36)22(38-15)35-10-31-17-19(30-9-13-3-2-4-16(32-13)23(25,26)27)33-18(34-20(17)35)11-5-12(24)8-29-7-11/h2-5,7-8,10,14-15,22,36H,6,9H2,1H3,(H,28,37)(H,30,33,34)/t14-,15+,22-/m1/s1. The quantitative estimate of drug-likeness (QED) is 0.320. The van der Waals surface area contributed by atoms with E-state index in [0.29, 0.717) is 0 Å². The molecular weight excluding hydrogens is 512 g/mol. The summed E-state index contributed by atoms with van der Waals surface area (Å²) in [5.74, 6) is -0.901. The van der Waals surface area contributed by atoms with Crippen LogP contribution in [0.15, 0.2) is 43.0 Å². The number of carbonyl (C=O) groups excluding carboxylic acids is 1. The molecule has 15 heteroatoms. The molecule has 1 saturated heterocycles. The number of likely N-dealkylation sites (N-methyl/N-ethyl adjacent to an activating group) is 1. The zero-order chi connectivity index (χ0) is 27.0. The Bertz CT molecular complexity index is 1500. The number of alkyl halides is 3. The number of nitrogens with zero attached hydrogens (tertiary/aromatic N) is 6. The minimum absolute atomic E-state index is 0.0288. The molecule has 0 bridgehead atoms. The average Bonchev–Trinajstić information content (AvgIpc) is 3.49. The van der Waals surface area contributed by atoms with Gasteiger partial charge in [0.15, 0.2) is 29.0 Å². The summed E-state index contributed by atoms with van der Waals surface area (Å²) in [6.07, 6.45) is -3.90. The largest absolute Gasteiger partial charge is 0.433 e. The van der Waals surface area contributed by atoms with E-state index in [1.807, 2.05) is 0 Å². The highest BCUT2D eigenvalue weighted by Crippen LogP contribution is 2.33. The van der Waals surface area contributed by atoms with E-state index >= 15 is 0 Å². The molecule has 1 aliphatic heterocycles. The van der Waals surface area contributed by atoms with Gasteiger partial charge in [0.05, 0.1) is 24.8 Å². The van der Waals surface area contributed by atoms with Gasteiger partial charge < -0.3 is 20.5 Å². The molecule has 3 atom stereocenters. The molecule has 3 N–H and O–H groups in total. The van der Waals surface area contributed by atoms with Gasteiger partial charge in [0, 0.05) is 25.2 Å². The van der Waals surface area contributed by atoms with Gasteiger partial charge in [-0.3, -0.25) is 14.3 Å². The lowest BCUT2D eigenvalue weighted by atomic mass is 10.2. The number of aliphatic hydroxyl groups excluding tert-OH is 1. The SMILES string of the molecule is CNC(=O)[C@@H]1C[C@@H](O)[C@H](n2cnc3c(NCc4cccc(C(F)(F)F)n4)nc(-c4cncc(F)c4)nc32)O1. The third-order valence-electron chi connectivity index (χ3n) is 5.82. The topological polar surface area (TPSA) is 140 Å². The Morgan fingerprint density at radius 3 is 2.79 bits per heavy atom. The summed E-state index contributed by atoms with van der Waals surface area (Å²) in [5, 5.41) is 16.0. The molecule has 0 unspecified atom stereocenters. The molecule has 1 aliphatic rings. The van der Waals surface area contributed by atoms with Gasteiger partial charge in [0.2, 0.25) is 5.91 Å². The normalized spacial score (nSPS) is 19.6. The highest BCUT2D eigenvalue weighted by Gasteiger charge is 2.39. The fraction of sp³-hybridized carbons (Fsp3) is 0.304. The number of carbonyl (C=O) groups is 1. The van der Waals surface area contributed by atoms with Gasteiger partial charge in [-0.2, -0.15) is 13.2 Å². The van der Waals surface area contributed by atoms with Crippen LogP contribution >= 0.6 is 0 Å². The Morgan fingerprint density at radius 2 is 2.05 bits per heavy atom. The van der Waals surface area contributed by atoms with Crippen molar-refractivity contribution in [2.45, 2.75) is 37.6 Å². The molecule has 1 fully saturated rings. The Balaban J connectivity index is 1.54. The van der Waals surface area contributed by atoms with Crippen LogP contribution < -0.4 is 10.6 Å². The van der Waals surface area contributed by atoms with Gasteiger partial charge >= 0.3 is 6.18 Å². The Hall–Kier alpha value is -4.24. The summed E-state index contributed by atoms with van der Waals surface area (Å²) in [6, 6.07) is 4.68. The van der Waals surface area contributed by atoms with Crippen LogP contribution in [0.5, 0.6) is 0 Å². The van der Waals surface area contributed by atoms with Crippen LogP contribution in [0.3, 0.4) is 0 Å². The molecule has 4 aromatic heterocycles. The summed E-state index contributed by atoms with van der Waals surface area (Å²) in [4.78, 5) is 32.6. The van der Waals surface area contributed by atoms with Crippen molar-refractivity contribution in [3.05, 3.63) is 60.2 Å². The van der Waals surface area contributed by atoms with Gasteiger partial charge in [-0.15, -0.1) is 0 Å². The lowest BCUT2D eigenvalue weighted by Gasteiger charge is -2.17. The number of hydrogen-bond acceptors (Lipinski definition) is 9. The van der Waals surface area contributed by atoms with Crippen molar-refractivity contribution >= 4 is 22.9 Å².